The molecule has 2 unspecified atom stereocenters. The summed E-state index contributed by atoms with van der Waals surface area (Å²) in [4.78, 5) is 4.73. The number of aliphatic imine (C=N–C) groups is 1. The van der Waals surface area contributed by atoms with E-state index in [1.54, 1.807) is 12.3 Å². The van der Waals surface area contributed by atoms with Crippen molar-refractivity contribution < 1.29 is 14.6 Å². The molecule has 0 radical (unpaired) electrons. The molecule has 3 rings (SSSR count). The molecule has 0 heterocycles. The Bertz CT molecular complexity index is 927. The molecule has 0 bridgehead atoms. The number of benzene rings is 3. The Kier molecular flexibility index (Phi) is 6.29. The zero-order valence-electron chi connectivity index (χ0n) is 15.9. The van der Waals surface area contributed by atoms with Crippen LogP contribution in [0, 0.1) is 0 Å². The van der Waals surface area contributed by atoms with E-state index in [1.807, 2.05) is 60.7 Å². The molecular formula is C23H24N2O3. The van der Waals surface area contributed by atoms with Gasteiger partial charge in [0, 0.05) is 18.3 Å². The first-order valence-electron chi connectivity index (χ1n) is 8.97. The van der Waals surface area contributed by atoms with E-state index in [2.05, 4.69) is 0 Å². The summed E-state index contributed by atoms with van der Waals surface area (Å²) in [5, 5.41) is 10.4. The highest BCUT2D eigenvalue weighted by molar-refractivity contribution is 5.88. The number of phenolic OH excluding ortho intramolecular Hbond substituents is 1. The van der Waals surface area contributed by atoms with Crippen molar-refractivity contribution in [3.05, 3.63) is 89.5 Å². The summed E-state index contributed by atoms with van der Waals surface area (Å²) in [7, 11) is 3.07. The van der Waals surface area contributed by atoms with Crippen molar-refractivity contribution in [3.8, 4) is 17.2 Å². The molecule has 0 saturated carbocycles. The average molecular weight is 376 g/mol. The lowest BCUT2D eigenvalue weighted by atomic mass is 9.94. The number of aromatic hydroxyl groups is 1. The topological polar surface area (TPSA) is 77.1 Å². The van der Waals surface area contributed by atoms with Crippen molar-refractivity contribution in [2.75, 3.05) is 14.2 Å². The van der Waals surface area contributed by atoms with Gasteiger partial charge in [0.2, 0.25) is 0 Å². The van der Waals surface area contributed by atoms with Gasteiger partial charge in [-0.3, -0.25) is 4.99 Å². The maximum Gasteiger partial charge on any atom is 0.135 e. The monoisotopic (exact) mass is 376 g/mol. The maximum absolute atomic E-state index is 10.4. The molecule has 3 aromatic carbocycles. The van der Waals surface area contributed by atoms with Gasteiger partial charge in [-0.1, -0.05) is 60.7 Å². The van der Waals surface area contributed by atoms with Crippen LogP contribution in [0.3, 0.4) is 0 Å². The number of methoxy groups -OCH3 is 2. The van der Waals surface area contributed by atoms with Crippen molar-refractivity contribution in [2.45, 2.75) is 12.1 Å². The SMILES string of the molecule is COc1cc(O)c(C=NC(c2ccccc2)C(N)c2ccccc2)c(OC)c1. The van der Waals surface area contributed by atoms with E-state index in [-0.39, 0.29) is 17.8 Å². The number of rotatable bonds is 7. The van der Waals surface area contributed by atoms with Gasteiger partial charge >= 0.3 is 0 Å². The second-order valence-electron chi connectivity index (χ2n) is 6.33. The third kappa shape index (κ3) is 4.32. The number of ether oxygens (including phenoxy) is 2. The lowest BCUT2D eigenvalue weighted by molar-refractivity contribution is 0.384. The van der Waals surface area contributed by atoms with Crippen molar-refractivity contribution in [3.63, 3.8) is 0 Å². The molecule has 0 aliphatic rings. The molecule has 3 N–H and O–H groups in total. The predicted molar refractivity (Wildman–Crippen MR) is 111 cm³/mol. The van der Waals surface area contributed by atoms with E-state index in [0.29, 0.717) is 17.1 Å². The normalized spacial score (nSPS) is 13.2. The fourth-order valence-corrected chi connectivity index (χ4v) is 3.05. The Morgan fingerprint density at radius 2 is 1.50 bits per heavy atom. The summed E-state index contributed by atoms with van der Waals surface area (Å²) >= 11 is 0. The smallest absolute Gasteiger partial charge is 0.135 e. The van der Waals surface area contributed by atoms with E-state index >= 15 is 0 Å². The molecule has 5 nitrogen and oxygen atoms in total. The van der Waals surface area contributed by atoms with Crippen LogP contribution < -0.4 is 15.2 Å². The van der Waals surface area contributed by atoms with Crippen LogP contribution in [0.4, 0.5) is 0 Å². The van der Waals surface area contributed by atoms with Gasteiger partial charge in [0.05, 0.1) is 31.9 Å². The minimum Gasteiger partial charge on any atom is -0.507 e. The molecule has 3 aromatic rings. The molecule has 0 spiro atoms. The molecule has 5 heteroatoms. The minimum atomic E-state index is -0.341. The van der Waals surface area contributed by atoms with E-state index in [9.17, 15) is 5.11 Å². The Labute approximate surface area is 165 Å². The van der Waals surface area contributed by atoms with Gasteiger partial charge < -0.3 is 20.3 Å². The third-order valence-electron chi connectivity index (χ3n) is 4.58. The number of nitrogens with two attached hydrogens (primary N) is 1. The highest BCUT2D eigenvalue weighted by Crippen LogP contribution is 2.34. The van der Waals surface area contributed by atoms with Crippen LogP contribution in [-0.4, -0.2) is 25.5 Å². The van der Waals surface area contributed by atoms with Gasteiger partial charge in [0.25, 0.3) is 0 Å². The predicted octanol–water partition coefficient (Wildman–Crippen LogP) is 4.27. The first-order chi connectivity index (χ1) is 13.6. The van der Waals surface area contributed by atoms with Crippen LogP contribution in [-0.2, 0) is 0 Å². The van der Waals surface area contributed by atoms with Gasteiger partial charge in [0.1, 0.15) is 17.2 Å². The molecule has 0 aromatic heterocycles. The Balaban J connectivity index is 2.01. The van der Waals surface area contributed by atoms with E-state index in [4.69, 9.17) is 20.2 Å². The summed E-state index contributed by atoms with van der Waals surface area (Å²) in [5.41, 5.74) is 9.01. The summed E-state index contributed by atoms with van der Waals surface area (Å²) in [6.07, 6.45) is 1.61. The van der Waals surface area contributed by atoms with Gasteiger partial charge in [-0.15, -0.1) is 0 Å². The molecular weight excluding hydrogens is 352 g/mol. The van der Waals surface area contributed by atoms with Crippen LogP contribution in [0.25, 0.3) is 0 Å². The van der Waals surface area contributed by atoms with Crippen molar-refractivity contribution in [1.29, 1.82) is 0 Å². The highest BCUT2D eigenvalue weighted by atomic mass is 16.5. The van der Waals surface area contributed by atoms with Crippen LogP contribution in [0.2, 0.25) is 0 Å². The molecule has 28 heavy (non-hydrogen) atoms. The Morgan fingerprint density at radius 1 is 0.893 bits per heavy atom. The molecule has 2 atom stereocenters. The lowest BCUT2D eigenvalue weighted by Gasteiger charge is -2.21. The fraction of sp³-hybridized carbons (Fsp3) is 0.174. The number of hydrogen-bond acceptors (Lipinski definition) is 5. The quantitative estimate of drug-likeness (QED) is 0.604. The average Bonchev–Trinajstić information content (AvgIpc) is 2.75. The third-order valence-corrected chi connectivity index (χ3v) is 4.58. The van der Waals surface area contributed by atoms with Gasteiger partial charge in [-0.2, -0.15) is 0 Å². The van der Waals surface area contributed by atoms with Gasteiger partial charge in [-0.25, -0.2) is 0 Å². The van der Waals surface area contributed by atoms with E-state index in [1.165, 1.54) is 20.3 Å². The largest absolute Gasteiger partial charge is 0.507 e. The van der Waals surface area contributed by atoms with Crippen LogP contribution in [0.5, 0.6) is 17.2 Å². The van der Waals surface area contributed by atoms with Crippen molar-refractivity contribution in [2.24, 2.45) is 10.7 Å². The summed E-state index contributed by atoms with van der Waals surface area (Å²) < 4.78 is 10.6. The summed E-state index contributed by atoms with van der Waals surface area (Å²) in [6, 6.07) is 22.3. The number of phenols is 1. The molecule has 0 saturated heterocycles. The van der Waals surface area contributed by atoms with E-state index in [0.717, 1.165) is 11.1 Å². The number of nitrogens with zero attached hydrogens (tertiary/aromatic N) is 1. The first-order valence-corrected chi connectivity index (χ1v) is 8.97. The number of hydrogen-bond donors (Lipinski definition) is 2. The van der Waals surface area contributed by atoms with Crippen molar-refractivity contribution >= 4 is 6.21 Å². The standard InChI is InChI=1S/C23H24N2O3/c1-27-18-13-20(26)19(21(14-18)28-2)15-25-23(17-11-7-4-8-12-17)22(24)16-9-5-3-6-10-16/h3-15,22-23,26H,24H2,1-2H3. The fourth-order valence-electron chi connectivity index (χ4n) is 3.05. The second kappa shape index (κ2) is 9.06. The van der Waals surface area contributed by atoms with Crippen LogP contribution in [0.15, 0.2) is 77.8 Å². The maximum atomic E-state index is 10.4. The molecule has 0 amide bonds. The summed E-state index contributed by atoms with van der Waals surface area (Å²) in [6.45, 7) is 0. The van der Waals surface area contributed by atoms with Crippen LogP contribution in [0.1, 0.15) is 28.8 Å². The zero-order valence-corrected chi connectivity index (χ0v) is 15.9. The minimum absolute atomic E-state index is 0.0278. The van der Waals surface area contributed by atoms with Crippen molar-refractivity contribution in [1.82, 2.24) is 0 Å². The molecule has 0 aliphatic carbocycles. The Hall–Kier alpha value is -3.31. The molecule has 0 fully saturated rings. The first kappa shape index (κ1) is 19.5. The molecule has 0 aliphatic heterocycles. The second-order valence-corrected chi connectivity index (χ2v) is 6.33. The lowest BCUT2D eigenvalue weighted by Crippen LogP contribution is -2.18. The summed E-state index contributed by atoms with van der Waals surface area (Å²) in [5.74, 6) is 1.01. The zero-order chi connectivity index (χ0) is 19.9. The highest BCUT2D eigenvalue weighted by Gasteiger charge is 2.21. The molecule has 144 valence electrons. The van der Waals surface area contributed by atoms with Gasteiger partial charge in [0.15, 0.2) is 0 Å². The van der Waals surface area contributed by atoms with E-state index < -0.39 is 0 Å². The van der Waals surface area contributed by atoms with Gasteiger partial charge in [-0.05, 0) is 11.1 Å². The Morgan fingerprint density at radius 3 is 2.07 bits per heavy atom. The van der Waals surface area contributed by atoms with Crippen LogP contribution >= 0.6 is 0 Å².